The van der Waals surface area contributed by atoms with Crippen LogP contribution in [0.3, 0.4) is 0 Å². The molecule has 218 valence electrons. The number of hydrogen-bond acceptors (Lipinski definition) is 5. The molecule has 4 aromatic rings. The molecule has 3 aromatic carbocycles. The fourth-order valence-electron chi connectivity index (χ4n) is 4.28. The first-order chi connectivity index (χ1) is 19.0. The van der Waals surface area contributed by atoms with Gasteiger partial charge in [0.15, 0.2) is 0 Å². The number of fused-ring (bicyclic) bond motifs is 1. The maximum Gasteiger partial charge on any atom is 0.573 e. The number of hydrogen-bond donors (Lipinski definition) is 3. The van der Waals surface area contributed by atoms with Crippen LogP contribution in [0.4, 0.5) is 24.5 Å². The van der Waals surface area contributed by atoms with Crippen LogP contribution in [0.15, 0.2) is 65.7 Å². The monoisotopic (exact) mass is 608 g/mol. The Morgan fingerprint density at radius 3 is 2.37 bits per heavy atom. The zero-order valence-corrected chi connectivity index (χ0v) is 24.1. The maximum absolute atomic E-state index is 13.0. The predicted molar refractivity (Wildman–Crippen MR) is 155 cm³/mol. The number of aromatic amines is 1. The summed E-state index contributed by atoms with van der Waals surface area (Å²) in [5.74, 6) is -0.0238. The molecule has 0 amide bonds. The van der Waals surface area contributed by atoms with Crippen LogP contribution < -0.4 is 19.9 Å². The van der Waals surface area contributed by atoms with Gasteiger partial charge in [-0.2, -0.15) is 0 Å². The summed E-state index contributed by atoms with van der Waals surface area (Å²) in [6.45, 7) is 5.65. The van der Waals surface area contributed by atoms with Gasteiger partial charge in [-0.05, 0) is 66.6 Å². The van der Waals surface area contributed by atoms with Crippen molar-refractivity contribution < 1.29 is 31.1 Å². The highest BCUT2D eigenvalue weighted by Gasteiger charge is 2.33. The van der Waals surface area contributed by atoms with E-state index in [0.717, 1.165) is 11.6 Å². The minimum Gasteiger partial charge on any atom is -0.494 e. The first kappa shape index (κ1) is 30.1. The van der Waals surface area contributed by atoms with Crippen LogP contribution in [0.5, 0.6) is 11.5 Å². The fourth-order valence-corrected chi connectivity index (χ4v) is 5.07. The van der Waals surface area contributed by atoms with Crippen LogP contribution in [-0.2, 0) is 15.4 Å². The lowest BCUT2D eigenvalue weighted by atomic mass is 9.78. The minimum absolute atomic E-state index is 0.143. The molecule has 0 radical (unpaired) electrons. The molecule has 1 heterocycles. The Hall–Kier alpha value is -3.90. The molecule has 0 saturated carbocycles. The second kappa shape index (κ2) is 11.2. The summed E-state index contributed by atoms with van der Waals surface area (Å²) in [5.41, 5.74) is 8.58. The highest BCUT2D eigenvalue weighted by Crippen LogP contribution is 2.39. The molecule has 0 aliphatic heterocycles. The molecule has 4 N–H and O–H groups in total. The molecule has 0 aliphatic rings. The Balaban J connectivity index is 1.70. The lowest BCUT2D eigenvalue weighted by Gasteiger charge is -2.28. The zero-order chi connectivity index (χ0) is 30.2. The number of sulfonamides is 1. The number of aliphatic imine (C=N–C) groups is 1. The quantitative estimate of drug-likeness (QED) is 0.142. The molecule has 0 saturated heterocycles. The third-order valence-corrected chi connectivity index (χ3v) is 7.03. The molecule has 0 atom stereocenters. The third-order valence-electron chi connectivity index (χ3n) is 6.20. The van der Waals surface area contributed by atoms with E-state index in [1.165, 1.54) is 12.1 Å². The SMILES string of the molecule is CCOc1cc(OC(F)(F)F)cc(C(C)(C)c2cc(Cl)cc(N=C(N)c3cc4ccc(NS(C)(=O)=O)cc4[nH]3)c2)c1. The highest BCUT2D eigenvalue weighted by atomic mass is 35.5. The standard InChI is InChI=1S/C28H28ClF3N4O4S/c1-5-39-22-11-18(12-23(15-22)40-28(30,31)32)27(2,3)17-9-19(29)13-21(10-17)34-26(33)25-8-16-6-7-20(14-24(16)35-25)36-41(4,37)38/h6-15,35-36H,5H2,1-4H3,(H2,33,34). The number of alkyl halides is 3. The summed E-state index contributed by atoms with van der Waals surface area (Å²) in [4.78, 5) is 7.64. The molecular weight excluding hydrogens is 581 g/mol. The number of anilines is 1. The van der Waals surface area contributed by atoms with Gasteiger partial charge in [0.05, 0.1) is 29.9 Å². The van der Waals surface area contributed by atoms with E-state index in [1.807, 2.05) is 13.8 Å². The number of aromatic nitrogens is 1. The van der Waals surface area contributed by atoms with Gasteiger partial charge in [0.2, 0.25) is 10.0 Å². The van der Waals surface area contributed by atoms with Crippen LogP contribution in [0.25, 0.3) is 10.9 Å². The Bertz CT molecular complexity index is 1730. The van der Waals surface area contributed by atoms with E-state index < -0.39 is 27.6 Å². The summed E-state index contributed by atoms with van der Waals surface area (Å²) in [5, 5.41) is 1.14. The van der Waals surface area contributed by atoms with Gasteiger partial charge in [-0.1, -0.05) is 31.5 Å². The summed E-state index contributed by atoms with van der Waals surface area (Å²) >= 11 is 6.43. The predicted octanol–water partition coefficient (Wildman–Crippen LogP) is 6.85. The summed E-state index contributed by atoms with van der Waals surface area (Å²) in [7, 11) is -3.44. The molecule has 0 bridgehead atoms. The molecule has 0 spiro atoms. The first-order valence-corrected chi connectivity index (χ1v) is 14.6. The summed E-state index contributed by atoms with van der Waals surface area (Å²) in [6, 6.07) is 16.0. The van der Waals surface area contributed by atoms with Crippen molar-refractivity contribution in [2.24, 2.45) is 10.7 Å². The first-order valence-electron chi connectivity index (χ1n) is 12.3. The van der Waals surface area contributed by atoms with Crippen molar-refractivity contribution in [1.29, 1.82) is 0 Å². The molecule has 1 aromatic heterocycles. The van der Waals surface area contributed by atoms with E-state index in [4.69, 9.17) is 22.1 Å². The molecule has 4 rings (SSSR count). The van der Waals surface area contributed by atoms with Crippen molar-refractivity contribution in [3.8, 4) is 11.5 Å². The topological polar surface area (TPSA) is 119 Å². The van der Waals surface area contributed by atoms with Crippen molar-refractivity contribution >= 4 is 49.7 Å². The maximum atomic E-state index is 13.0. The largest absolute Gasteiger partial charge is 0.573 e. The van der Waals surface area contributed by atoms with Crippen molar-refractivity contribution in [1.82, 2.24) is 4.98 Å². The lowest BCUT2D eigenvalue weighted by Crippen LogP contribution is -2.21. The number of rotatable bonds is 9. The summed E-state index contributed by atoms with van der Waals surface area (Å²) < 4.78 is 74.2. The third kappa shape index (κ3) is 7.65. The molecule has 0 fully saturated rings. The van der Waals surface area contributed by atoms with Crippen LogP contribution in [0.1, 0.15) is 37.6 Å². The minimum atomic E-state index is -4.86. The average Bonchev–Trinajstić information content (AvgIpc) is 3.25. The van der Waals surface area contributed by atoms with E-state index in [2.05, 4.69) is 19.4 Å². The second-order valence-electron chi connectivity index (χ2n) is 9.85. The van der Waals surface area contributed by atoms with Crippen molar-refractivity contribution in [3.05, 3.63) is 82.5 Å². The number of ether oxygens (including phenoxy) is 2. The fraction of sp³-hybridized carbons (Fsp3) is 0.250. The lowest BCUT2D eigenvalue weighted by molar-refractivity contribution is -0.274. The van der Waals surface area contributed by atoms with E-state index in [9.17, 15) is 21.6 Å². The van der Waals surface area contributed by atoms with E-state index in [1.54, 1.807) is 55.5 Å². The van der Waals surface area contributed by atoms with Crippen LogP contribution in [0.2, 0.25) is 5.02 Å². The van der Waals surface area contributed by atoms with Crippen molar-refractivity contribution in [3.63, 3.8) is 0 Å². The zero-order valence-electron chi connectivity index (χ0n) is 22.6. The Morgan fingerprint density at radius 2 is 1.71 bits per heavy atom. The smallest absolute Gasteiger partial charge is 0.494 e. The van der Waals surface area contributed by atoms with Gasteiger partial charge < -0.3 is 20.2 Å². The van der Waals surface area contributed by atoms with Crippen LogP contribution in [0, 0.1) is 0 Å². The Morgan fingerprint density at radius 1 is 1.02 bits per heavy atom. The number of benzene rings is 3. The average molecular weight is 609 g/mol. The number of nitrogens with one attached hydrogen (secondary N) is 2. The molecule has 13 heteroatoms. The van der Waals surface area contributed by atoms with Gasteiger partial charge >= 0.3 is 6.36 Å². The number of nitrogens with zero attached hydrogens (tertiary/aromatic N) is 1. The number of nitrogens with two attached hydrogens (primary N) is 1. The number of amidine groups is 1. The normalized spacial score (nSPS) is 12.9. The van der Waals surface area contributed by atoms with E-state index in [0.29, 0.717) is 38.7 Å². The van der Waals surface area contributed by atoms with Gasteiger partial charge in [0.1, 0.15) is 17.3 Å². The van der Waals surface area contributed by atoms with E-state index in [-0.39, 0.29) is 18.2 Å². The summed E-state index contributed by atoms with van der Waals surface area (Å²) in [6.07, 6.45) is -3.80. The second-order valence-corrected chi connectivity index (χ2v) is 12.0. The molecule has 0 aliphatic carbocycles. The van der Waals surface area contributed by atoms with Gasteiger partial charge in [0.25, 0.3) is 0 Å². The molecular formula is C28H28ClF3N4O4S. The van der Waals surface area contributed by atoms with Crippen molar-refractivity contribution in [2.45, 2.75) is 32.5 Å². The van der Waals surface area contributed by atoms with Gasteiger partial charge in [-0.15, -0.1) is 13.2 Å². The van der Waals surface area contributed by atoms with Crippen molar-refractivity contribution in [2.75, 3.05) is 17.6 Å². The van der Waals surface area contributed by atoms with Gasteiger partial charge in [-0.3, -0.25) is 4.72 Å². The molecule has 8 nitrogen and oxygen atoms in total. The molecule has 0 unspecified atom stereocenters. The Kier molecular flexibility index (Phi) is 8.19. The number of halogens is 4. The van der Waals surface area contributed by atoms with Crippen LogP contribution in [-0.4, -0.2) is 38.5 Å². The molecule has 41 heavy (non-hydrogen) atoms. The Labute approximate surface area is 240 Å². The number of H-pyrrole nitrogens is 1. The van der Waals surface area contributed by atoms with Crippen LogP contribution >= 0.6 is 11.6 Å². The van der Waals surface area contributed by atoms with E-state index >= 15 is 0 Å². The highest BCUT2D eigenvalue weighted by molar-refractivity contribution is 7.92. The van der Waals surface area contributed by atoms with Gasteiger partial charge in [-0.25, -0.2) is 13.4 Å². The van der Waals surface area contributed by atoms with Gasteiger partial charge in [0, 0.05) is 27.4 Å².